The quantitative estimate of drug-likeness (QED) is 0.585. The van der Waals surface area contributed by atoms with Gasteiger partial charge in [0.05, 0.1) is 18.5 Å². The van der Waals surface area contributed by atoms with E-state index < -0.39 is 0 Å². The van der Waals surface area contributed by atoms with Crippen molar-refractivity contribution in [1.29, 1.82) is 0 Å². The van der Waals surface area contributed by atoms with E-state index in [-0.39, 0.29) is 6.61 Å². The molecule has 0 radical (unpaired) electrons. The highest BCUT2D eigenvalue weighted by Crippen LogP contribution is 2.27. The molecule has 0 atom stereocenters. The van der Waals surface area contributed by atoms with Crippen LogP contribution in [0.1, 0.15) is 11.1 Å². The van der Waals surface area contributed by atoms with Crippen LogP contribution in [-0.4, -0.2) is 19.7 Å². The number of aliphatic hydroxyl groups is 1. The van der Waals surface area contributed by atoms with Crippen LogP contribution in [0.3, 0.4) is 0 Å². The van der Waals surface area contributed by atoms with Crippen molar-refractivity contribution in [3.8, 4) is 11.3 Å². The van der Waals surface area contributed by atoms with Crippen molar-refractivity contribution < 1.29 is 5.11 Å². The van der Waals surface area contributed by atoms with E-state index in [0.29, 0.717) is 0 Å². The highest BCUT2D eigenvalue weighted by atomic mass is 32.1. The van der Waals surface area contributed by atoms with Crippen molar-refractivity contribution in [2.24, 2.45) is 0 Å². The molecule has 0 saturated heterocycles. The Balaban J connectivity index is 1.57. The van der Waals surface area contributed by atoms with Gasteiger partial charge in [0.25, 0.3) is 0 Å². The van der Waals surface area contributed by atoms with Gasteiger partial charge in [0, 0.05) is 12.1 Å². The van der Waals surface area contributed by atoms with Crippen molar-refractivity contribution in [2.45, 2.75) is 13.2 Å². The van der Waals surface area contributed by atoms with Gasteiger partial charge in [-0.3, -0.25) is 0 Å². The Labute approximate surface area is 143 Å². The number of aromatic nitrogens is 3. The molecular formula is C18H16N4OS. The first-order valence-electron chi connectivity index (χ1n) is 7.66. The van der Waals surface area contributed by atoms with Crippen LogP contribution in [0.15, 0.2) is 60.8 Å². The minimum absolute atomic E-state index is 0.00133. The van der Waals surface area contributed by atoms with Crippen LogP contribution in [0.4, 0.5) is 5.13 Å². The lowest BCUT2D eigenvalue weighted by Gasteiger charge is -2.03. The number of rotatable bonds is 5. The third-order valence-corrected chi connectivity index (χ3v) is 4.67. The Bertz CT molecular complexity index is 930. The number of fused-ring (bicyclic) bond motifs is 1. The molecule has 0 aliphatic rings. The molecule has 0 amide bonds. The highest BCUT2D eigenvalue weighted by molar-refractivity contribution is 7.20. The predicted octanol–water partition coefficient (Wildman–Crippen LogP) is 3.56. The molecule has 24 heavy (non-hydrogen) atoms. The number of aliphatic hydroxyl groups excluding tert-OH is 1. The van der Waals surface area contributed by atoms with Crippen molar-refractivity contribution in [1.82, 2.24) is 14.6 Å². The molecule has 4 rings (SSSR count). The number of imidazole rings is 1. The Morgan fingerprint density at radius 2 is 1.83 bits per heavy atom. The molecule has 120 valence electrons. The van der Waals surface area contributed by atoms with Gasteiger partial charge in [0.2, 0.25) is 10.1 Å². The van der Waals surface area contributed by atoms with E-state index in [2.05, 4.69) is 27.5 Å². The molecule has 4 aromatic rings. The largest absolute Gasteiger partial charge is 0.392 e. The molecule has 2 N–H and O–H groups in total. The van der Waals surface area contributed by atoms with Gasteiger partial charge in [0.1, 0.15) is 0 Å². The minimum atomic E-state index is -0.00133. The van der Waals surface area contributed by atoms with Crippen molar-refractivity contribution in [3.63, 3.8) is 0 Å². The zero-order valence-electron chi connectivity index (χ0n) is 12.9. The maximum Gasteiger partial charge on any atom is 0.214 e. The van der Waals surface area contributed by atoms with Crippen LogP contribution in [0.2, 0.25) is 0 Å². The number of hydrogen-bond donors (Lipinski definition) is 2. The molecule has 0 spiro atoms. The van der Waals surface area contributed by atoms with Crippen LogP contribution >= 0.6 is 11.3 Å². The third kappa shape index (κ3) is 2.89. The van der Waals surface area contributed by atoms with Crippen LogP contribution in [0.5, 0.6) is 0 Å². The van der Waals surface area contributed by atoms with E-state index in [1.54, 1.807) is 4.52 Å². The third-order valence-electron chi connectivity index (χ3n) is 3.79. The molecule has 2 heterocycles. The van der Waals surface area contributed by atoms with E-state index in [1.807, 2.05) is 48.7 Å². The average molecular weight is 336 g/mol. The zero-order chi connectivity index (χ0) is 16.4. The monoisotopic (exact) mass is 336 g/mol. The second-order valence-corrected chi connectivity index (χ2v) is 6.37. The van der Waals surface area contributed by atoms with Gasteiger partial charge in [-0.05, 0) is 11.1 Å². The lowest BCUT2D eigenvalue weighted by molar-refractivity contribution is 0.282. The number of nitrogens with zero attached hydrogens (tertiary/aromatic N) is 3. The summed E-state index contributed by atoms with van der Waals surface area (Å²) < 4.78 is 1.78. The SMILES string of the molecule is OCc1ccccc1-c1cn2nc(NCc3ccccc3)sc2n1. The number of anilines is 1. The van der Waals surface area contributed by atoms with Gasteiger partial charge in [-0.15, -0.1) is 5.10 Å². The summed E-state index contributed by atoms with van der Waals surface area (Å²) in [5, 5.41) is 18.2. The second kappa shape index (κ2) is 6.43. The first kappa shape index (κ1) is 14.9. The van der Waals surface area contributed by atoms with E-state index in [4.69, 9.17) is 0 Å². The van der Waals surface area contributed by atoms with E-state index in [0.717, 1.165) is 33.5 Å². The first-order valence-corrected chi connectivity index (χ1v) is 8.48. The van der Waals surface area contributed by atoms with Gasteiger partial charge >= 0.3 is 0 Å². The lowest BCUT2D eigenvalue weighted by atomic mass is 10.1. The fourth-order valence-corrected chi connectivity index (χ4v) is 3.36. The van der Waals surface area contributed by atoms with Gasteiger partial charge in [-0.2, -0.15) is 0 Å². The molecule has 0 saturated carbocycles. The Kier molecular flexibility index (Phi) is 3.98. The molecular weight excluding hydrogens is 320 g/mol. The standard InChI is InChI=1S/C18H16N4OS/c23-12-14-8-4-5-9-15(14)16-11-22-18(20-16)24-17(21-22)19-10-13-6-2-1-3-7-13/h1-9,11,23H,10,12H2,(H,19,21). The molecule has 2 aromatic carbocycles. The molecule has 6 heteroatoms. The normalized spacial score (nSPS) is 11.0. The summed E-state index contributed by atoms with van der Waals surface area (Å²) in [6, 6.07) is 17.9. The zero-order valence-corrected chi connectivity index (χ0v) is 13.7. The average Bonchev–Trinajstić information content (AvgIpc) is 3.19. The van der Waals surface area contributed by atoms with Gasteiger partial charge < -0.3 is 10.4 Å². The molecule has 0 bridgehead atoms. The van der Waals surface area contributed by atoms with Crippen LogP contribution in [-0.2, 0) is 13.2 Å². The minimum Gasteiger partial charge on any atom is -0.392 e. The first-order chi connectivity index (χ1) is 11.8. The van der Waals surface area contributed by atoms with Crippen molar-refractivity contribution in [3.05, 3.63) is 71.9 Å². The summed E-state index contributed by atoms with van der Waals surface area (Å²) in [6.07, 6.45) is 1.90. The molecule has 0 aliphatic heterocycles. The molecule has 0 fully saturated rings. The Morgan fingerprint density at radius 3 is 2.62 bits per heavy atom. The van der Waals surface area contributed by atoms with E-state index in [1.165, 1.54) is 16.9 Å². The lowest BCUT2D eigenvalue weighted by Crippen LogP contribution is -1.99. The van der Waals surface area contributed by atoms with Gasteiger partial charge in [-0.25, -0.2) is 9.50 Å². The molecule has 2 aromatic heterocycles. The molecule has 0 unspecified atom stereocenters. The second-order valence-electron chi connectivity index (χ2n) is 5.41. The summed E-state index contributed by atoms with van der Waals surface area (Å²) in [4.78, 5) is 5.46. The molecule has 0 aliphatic carbocycles. The van der Waals surface area contributed by atoms with Gasteiger partial charge in [-0.1, -0.05) is 65.9 Å². The summed E-state index contributed by atoms with van der Waals surface area (Å²) >= 11 is 1.51. The summed E-state index contributed by atoms with van der Waals surface area (Å²) in [7, 11) is 0. The fourth-order valence-electron chi connectivity index (χ4n) is 2.58. The van der Waals surface area contributed by atoms with Gasteiger partial charge in [0.15, 0.2) is 0 Å². The number of nitrogens with one attached hydrogen (secondary N) is 1. The summed E-state index contributed by atoms with van der Waals surface area (Å²) in [5.41, 5.74) is 3.85. The summed E-state index contributed by atoms with van der Waals surface area (Å²) in [6.45, 7) is 0.733. The Hall–Kier alpha value is -2.70. The van der Waals surface area contributed by atoms with Crippen LogP contribution < -0.4 is 5.32 Å². The maximum absolute atomic E-state index is 9.47. The smallest absolute Gasteiger partial charge is 0.214 e. The van der Waals surface area contributed by atoms with Crippen LogP contribution in [0, 0.1) is 0 Å². The molecule has 5 nitrogen and oxygen atoms in total. The van der Waals surface area contributed by atoms with Crippen molar-refractivity contribution in [2.75, 3.05) is 5.32 Å². The van der Waals surface area contributed by atoms with E-state index >= 15 is 0 Å². The fraction of sp³-hybridized carbons (Fsp3) is 0.111. The Morgan fingerprint density at radius 1 is 1.04 bits per heavy atom. The predicted molar refractivity (Wildman–Crippen MR) is 96.0 cm³/mol. The van der Waals surface area contributed by atoms with Crippen LogP contribution in [0.25, 0.3) is 16.2 Å². The number of hydrogen-bond acceptors (Lipinski definition) is 5. The summed E-state index contributed by atoms with van der Waals surface area (Å²) in [5.74, 6) is 0. The number of benzene rings is 2. The van der Waals surface area contributed by atoms with Crippen molar-refractivity contribution >= 4 is 21.4 Å². The topological polar surface area (TPSA) is 62.5 Å². The maximum atomic E-state index is 9.47. The highest BCUT2D eigenvalue weighted by Gasteiger charge is 2.11. The van der Waals surface area contributed by atoms with E-state index in [9.17, 15) is 5.11 Å².